The average Bonchev–Trinajstić information content (AvgIpc) is 2.86. The van der Waals surface area contributed by atoms with E-state index in [4.69, 9.17) is 0 Å². The quantitative estimate of drug-likeness (QED) is 0.789. The van der Waals surface area contributed by atoms with Gasteiger partial charge in [-0.25, -0.2) is 4.98 Å². The number of aromatic amines is 1. The Balaban J connectivity index is 0.000000514. The molecule has 0 fully saturated rings. The normalized spacial score (nSPS) is 15.1. The lowest BCUT2D eigenvalue weighted by Gasteiger charge is -2.12. The van der Waals surface area contributed by atoms with Crippen LogP contribution in [-0.4, -0.2) is 23.1 Å². The van der Waals surface area contributed by atoms with E-state index in [0.29, 0.717) is 0 Å². The maximum Gasteiger partial charge on any atom is 0.137 e. The highest BCUT2D eigenvalue weighted by Gasteiger charge is 2.10. The van der Waals surface area contributed by atoms with Crippen LogP contribution in [0.2, 0.25) is 0 Å². The third-order valence-electron chi connectivity index (χ3n) is 2.86. The summed E-state index contributed by atoms with van der Waals surface area (Å²) in [7, 11) is 0. The van der Waals surface area contributed by atoms with Crippen molar-refractivity contribution in [3.8, 4) is 0 Å². The van der Waals surface area contributed by atoms with Gasteiger partial charge in [0.05, 0.1) is 0 Å². The van der Waals surface area contributed by atoms with Crippen molar-refractivity contribution < 1.29 is 0 Å². The van der Waals surface area contributed by atoms with Gasteiger partial charge in [-0.3, -0.25) is 0 Å². The molecule has 1 aliphatic heterocycles. The van der Waals surface area contributed by atoms with Crippen LogP contribution in [0.5, 0.6) is 0 Å². The third-order valence-corrected chi connectivity index (χ3v) is 2.86. The summed E-state index contributed by atoms with van der Waals surface area (Å²) in [6, 6.07) is 4.11. The molecule has 3 nitrogen and oxygen atoms in total. The van der Waals surface area contributed by atoms with Crippen LogP contribution in [0.25, 0.3) is 16.6 Å². The molecule has 0 atom stereocenters. The van der Waals surface area contributed by atoms with Gasteiger partial charge in [-0.05, 0) is 30.7 Å². The van der Waals surface area contributed by atoms with Gasteiger partial charge in [0.1, 0.15) is 5.65 Å². The first-order chi connectivity index (χ1) is 8.45. The first-order valence-corrected chi connectivity index (χ1v) is 6.27. The number of nitrogens with one attached hydrogen (secondary N) is 2. The van der Waals surface area contributed by atoms with E-state index in [1.54, 1.807) is 0 Å². The fraction of sp³-hybridized carbons (Fsp3) is 0.357. The van der Waals surface area contributed by atoms with Gasteiger partial charge in [0, 0.05) is 29.9 Å². The Labute approximate surface area is 102 Å². The zero-order valence-corrected chi connectivity index (χ0v) is 10.5. The topological polar surface area (TPSA) is 40.7 Å². The SMILES string of the molecule is C1=C(c2c[nH]c3ncccc23)CCNC1.CC. The van der Waals surface area contributed by atoms with Gasteiger partial charge in [-0.15, -0.1) is 0 Å². The highest BCUT2D eigenvalue weighted by molar-refractivity contribution is 5.90. The lowest BCUT2D eigenvalue weighted by Crippen LogP contribution is -2.19. The molecular formula is C14H19N3. The Bertz CT molecular complexity index is 511. The molecule has 0 saturated carbocycles. The predicted molar refractivity (Wildman–Crippen MR) is 72.9 cm³/mol. The van der Waals surface area contributed by atoms with E-state index < -0.39 is 0 Å². The van der Waals surface area contributed by atoms with Crippen molar-refractivity contribution in [2.24, 2.45) is 0 Å². The van der Waals surface area contributed by atoms with Gasteiger partial charge < -0.3 is 10.3 Å². The molecule has 17 heavy (non-hydrogen) atoms. The minimum Gasteiger partial charge on any atom is -0.346 e. The van der Waals surface area contributed by atoms with E-state index in [-0.39, 0.29) is 0 Å². The number of aromatic nitrogens is 2. The smallest absolute Gasteiger partial charge is 0.137 e. The fourth-order valence-corrected chi connectivity index (χ4v) is 2.09. The maximum atomic E-state index is 4.30. The molecule has 0 aliphatic carbocycles. The van der Waals surface area contributed by atoms with E-state index >= 15 is 0 Å². The first kappa shape index (κ1) is 11.9. The van der Waals surface area contributed by atoms with Gasteiger partial charge in [-0.1, -0.05) is 19.9 Å². The van der Waals surface area contributed by atoms with E-state index in [0.717, 1.165) is 25.2 Å². The zero-order chi connectivity index (χ0) is 12.1. The molecule has 0 amide bonds. The number of nitrogens with zero attached hydrogens (tertiary/aromatic N) is 1. The van der Waals surface area contributed by atoms with Crippen molar-refractivity contribution >= 4 is 16.6 Å². The summed E-state index contributed by atoms with van der Waals surface area (Å²) in [6.45, 7) is 6.04. The van der Waals surface area contributed by atoms with Crippen molar-refractivity contribution in [1.29, 1.82) is 0 Å². The minimum absolute atomic E-state index is 0.974. The van der Waals surface area contributed by atoms with Gasteiger partial charge in [-0.2, -0.15) is 0 Å². The number of hydrogen-bond acceptors (Lipinski definition) is 2. The van der Waals surface area contributed by atoms with E-state index in [9.17, 15) is 0 Å². The summed E-state index contributed by atoms with van der Waals surface area (Å²) in [5, 5.41) is 4.55. The summed E-state index contributed by atoms with van der Waals surface area (Å²) >= 11 is 0. The molecular weight excluding hydrogens is 210 g/mol. The molecule has 0 aromatic carbocycles. The molecule has 0 bridgehead atoms. The zero-order valence-electron chi connectivity index (χ0n) is 10.5. The van der Waals surface area contributed by atoms with Crippen molar-refractivity contribution in [2.45, 2.75) is 20.3 Å². The van der Waals surface area contributed by atoms with Gasteiger partial charge in [0.25, 0.3) is 0 Å². The van der Waals surface area contributed by atoms with Gasteiger partial charge >= 0.3 is 0 Å². The lowest BCUT2D eigenvalue weighted by atomic mass is 10.0. The molecule has 1 aliphatic rings. The summed E-state index contributed by atoms with van der Waals surface area (Å²) in [5.74, 6) is 0. The van der Waals surface area contributed by atoms with Crippen molar-refractivity contribution in [3.05, 3.63) is 36.2 Å². The average molecular weight is 229 g/mol. The van der Waals surface area contributed by atoms with Crippen LogP contribution in [0.3, 0.4) is 0 Å². The van der Waals surface area contributed by atoms with Crippen molar-refractivity contribution in [3.63, 3.8) is 0 Å². The number of H-pyrrole nitrogens is 1. The van der Waals surface area contributed by atoms with Crippen LogP contribution in [0, 0.1) is 0 Å². The Morgan fingerprint density at radius 3 is 2.94 bits per heavy atom. The number of rotatable bonds is 1. The minimum atomic E-state index is 0.974. The Kier molecular flexibility index (Phi) is 3.94. The molecule has 2 aromatic rings. The highest BCUT2D eigenvalue weighted by Crippen LogP contribution is 2.26. The molecule has 0 spiro atoms. The molecule has 3 heteroatoms. The molecule has 2 N–H and O–H groups in total. The number of hydrogen-bond donors (Lipinski definition) is 2. The maximum absolute atomic E-state index is 4.30. The molecule has 3 rings (SSSR count). The van der Waals surface area contributed by atoms with E-state index in [1.807, 2.05) is 26.1 Å². The van der Waals surface area contributed by atoms with Crippen LogP contribution < -0.4 is 5.32 Å². The molecule has 2 aromatic heterocycles. The Morgan fingerprint density at radius 2 is 2.18 bits per heavy atom. The summed E-state index contributed by atoms with van der Waals surface area (Å²) in [4.78, 5) is 7.51. The van der Waals surface area contributed by atoms with E-state index in [2.05, 4.69) is 33.6 Å². The van der Waals surface area contributed by atoms with Gasteiger partial charge in [0.15, 0.2) is 0 Å². The van der Waals surface area contributed by atoms with Crippen LogP contribution in [-0.2, 0) is 0 Å². The van der Waals surface area contributed by atoms with Crippen LogP contribution in [0.15, 0.2) is 30.6 Å². The molecule has 3 heterocycles. The number of pyridine rings is 1. The monoisotopic (exact) mass is 229 g/mol. The second-order valence-electron chi connectivity index (χ2n) is 3.79. The number of fused-ring (bicyclic) bond motifs is 1. The summed E-state index contributed by atoms with van der Waals surface area (Å²) in [5.41, 5.74) is 3.71. The van der Waals surface area contributed by atoms with Crippen LogP contribution >= 0.6 is 0 Å². The van der Waals surface area contributed by atoms with Crippen molar-refractivity contribution in [2.75, 3.05) is 13.1 Å². The second kappa shape index (κ2) is 5.64. The molecule has 90 valence electrons. The second-order valence-corrected chi connectivity index (χ2v) is 3.79. The Morgan fingerprint density at radius 1 is 1.29 bits per heavy atom. The van der Waals surface area contributed by atoms with Gasteiger partial charge in [0.2, 0.25) is 0 Å². The first-order valence-electron chi connectivity index (χ1n) is 6.27. The fourth-order valence-electron chi connectivity index (χ4n) is 2.09. The van der Waals surface area contributed by atoms with Crippen molar-refractivity contribution in [1.82, 2.24) is 15.3 Å². The van der Waals surface area contributed by atoms with E-state index in [1.165, 1.54) is 16.5 Å². The Hall–Kier alpha value is -1.61. The predicted octanol–water partition coefficient (Wildman–Crippen LogP) is 2.97. The lowest BCUT2D eigenvalue weighted by molar-refractivity contribution is 0.739. The molecule has 0 radical (unpaired) electrons. The van der Waals surface area contributed by atoms with Crippen LogP contribution in [0.4, 0.5) is 0 Å². The third kappa shape index (κ3) is 2.39. The van der Waals surface area contributed by atoms with Crippen LogP contribution in [0.1, 0.15) is 25.8 Å². The highest BCUT2D eigenvalue weighted by atomic mass is 14.9. The summed E-state index contributed by atoms with van der Waals surface area (Å²) in [6.07, 6.45) is 7.25. The summed E-state index contributed by atoms with van der Waals surface area (Å²) < 4.78 is 0. The largest absolute Gasteiger partial charge is 0.346 e. The molecule has 0 saturated heterocycles. The standard InChI is InChI=1S/C12H13N3.C2H6/c1-2-10-11(8-15-12(10)14-5-1)9-3-6-13-7-4-9;1-2/h1-3,5,8,13H,4,6-7H2,(H,14,15);1-2H3. The molecule has 0 unspecified atom stereocenters.